The summed E-state index contributed by atoms with van der Waals surface area (Å²) in [6.45, 7) is 2.99. The van der Waals surface area contributed by atoms with Gasteiger partial charge in [0.2, 0.25) is 5.91 Å². The van der Waals surface area contributed by atoms with Gasteiger partial charge in [0.25, 0.3) is 0 Å². The maximum absolute atomic E-state index is 12.2. The number of anilines is 1. The molecule has 0 aromatic carbocycles. The molecule has 1 saturated heterocycles. The molecule has 0 unspecified atom stereocenters. The van der Waals surface area contributed by atoms with Gasteiger partial charge in [0, 0.05) is 18.8 Å². The van der Waals surface area contributed by atoms with Gasteiger partial charge in [0.1, 0.15) is 11.9 Å². The summed E-state index contributed by atoms with van der Waals surface area (Å²) in [5.41, 5.74) is 1.19. The zero-order chi connectivity index (χ0) is 12.5. The van der Waals surface area contributed by atoms with Crippen LogP contribution in [-0.2, 0) is 4.79 Å². The Kier molecular flexibility index (Phi) is 2.94. The van der Waals surface area contributed by atoms with Crippen molar-refractivity contribution in [3.05, 3.63) is 23.9 Å². The smallest absolute Gasteiger partial charge is 0.242 e. The highest BCUT2D eigenvalue weighted by Crippen LogP contribution is 2.26. The van der Waals surface area contributed by atoms with Crippen molar-refractivity contribution in [1.82, 2.24) is 10.3 Å². The molecule has 18 heavy (non-hydrogen) atoms. The Labute approximate surface area is 107 Å². The van der Waals surface area contributed by atoms with Gasteiger partial charge in [-0.05, 0) is 50.3 Å². The van der Waals surface area contributed by atoms with Crippen LogP contribution in [0.3, 0.4) is 0 Å². The van der Waals surface area contributed by atoms with Gasteiger partial charge in [0.15, 0.2) is 0 Å². The van der Waals surface area contributed by atoms with Crippen molar-refractivity contribution in [1.29, 1.82) is 0 Å². The molecule has 0 radical (unpaired) electrons. The molecule has 0 spiro atoms. The summed E-state index contributed by atoms with van der Waals surface area (Å²) in [6, 6.07) is 4.45. The number of amides is 1. The summed E-state index contributed by atoms with van der Waals surface area (Å²) < 4.78 is 0. The van der Waals surface area contributed by atoms with Crippen LogP contribution in [0.5, 0.6) is 0 Å². The number of aromatic nitrogens is 1. The highest BCUT2D eigenvalue weighted by Gasteiger charge is 2.34. The van der Waals surface area contributed by atoms with Gasteiger partial charge in [-0.1, -0.05) is 0 Å². The molecule has 0 bridgehead atoms. The van der Waals surface area contributed by atoms with Crippen molar-refractivity contribution in [3.8, 4) is 0 Å². The van der Waals surface area contributed by atoms with E-state index in [4.69, 9.17) is 0 Å². The van der Waals surface area contributed by atoms with Crippen LogP contribution in [0.15, 0.2) is 18.3 Å². The van der Waals surface area contributed by atoms with Crippen LogP contribution in [0.25, 0.3) is 0 Å². The van der Waals surface area contributed by atoms with Crippen molar-refractivity contribution >= 4 is 11.7 Å². The quantitative estimate of drug-likeness (QED) is 0.880. The molecule has 1 aliphatic carbocycles. The summed E-state index contributed by atoms with van der Waals surface area (Å²) in [5, 5.41) is 3.10. The third-order valence-electron chi connectivity index (χ3n) is 3.67. The Morgan fingerprint density at radius 3 is 3.00 bits per heavy atom. The molecular formula is C14H19N3O. The lowest BCUT2D eigenvalue weighted by molar-refractivity contribution is -0.122. The molecule has 1 atom stereocenters. The van der Waals surface area contributed by atoms with Gasteiger partial charge < -0.3 is 10.2 Å². The average molecular weight is 245 g/mol. The van der Waals surface area contributed by atoms with Gasteiger partial charge >= 0.3 is 0 Å². The van der Waals surface area contributed by atoms with Gasteiger partial charge in [-0.25, -0.2) is 4.98 Å². The number of hydrogen-bond donors (Lipinski definition) is 1. The van der Waals surface area contributed by atoms with Crippen molar-refractivity contribution in [3.63, 3.8) is 0 Å². The Morgan fingerprint density at radius 1 is 1.44 bits per heavy atom. The number of rotatable bonds is 3. The Balaban J connectivity index is 1.75. The van der Waals surface area contributed by atoms with E-state index in [0.717, 1.165) is 38.0 Å². The number of carbonyl (C=O) groups excluding carboxylic acids is 1. The first-order valence-corrected chi connectivity index (χ1v) is 6.74. The number of hydrogen-bond acceptors (Lipinski definition) is 3. The van der Waals surface area contributed by atoms with E-state index in [-0.39, 0.29) is 11.9 Å². The highest BCUT2D eigenvalue weighted by atomic mass is 16.2. The van der Waals surface area contributed by atoms with Gasteiger partial charge in [-0.2, -0.15) is 0 Å². The first kappa shape index (κ1) is 11.5. The maximum atomic E-state index is 12.2. The molecule has 4 nitrogen and oxygen atoms in total. The molecular weight excluding hydrogens is 226 g/mol. The molecule has 1 saturated carbocycles. The topological polar surface area (TPSA) is 45.2 Å². The minimum atomic E-state index is -0.0279. The predicted molar refractivity (Wildman–Crippen MR) is 70.5 cm³/mol. The van der Waals surface area contributed by atoms with Crippen LogP contribution in [0.4, 0.5) is 5.82 Å². The molecule has 2 heterocycles. The number of nitrogens with zero attached hydrogens (tertiary/aromatic N) is 2. The Bertz CT molecular complexity index is 456. The summed E-state index contributed by atoms with van der Waals surface area (Å²) in [5.74, 6) is 1.11. The molecule has 2 aliphatic rings. The van der Waals surface area contributed by atoms with E-state index in [1.165, 1.54) is 5.56 Å². The fraction of sp³-hybridized carbons (Fsp3) is 0.571. The minimum Gasteiger partial charge on any atom is -0.352 e. The molecule has 1 aromatic heterocycles. The largest absolute Gasteiger partial charge is 0.352 e. The molecule has 1 aromatic rings. The van der Waals surface area contributed by atoms with Crippen molar-refractivity contribution in [2.45, 2.75) is 44.7 Å². The van der Waals surface area contributed by atoms with Crippen LogP contribution in [-0.4, -0.2) is 29.5 Å². The number of nitrogens with one attached hydrogen (secondary N) is 1. The van der Waals surface area contributed by atoms with Gasteiger partial charge in [-0.15, -0.1) is 0 Å². The Morgan fingerprint density at radius 2 is 2.28 bits per heavy atom. The average Bonchev–Trinajstić information content (AvgIpc) is 3.03. The van der Waals surface area contributed by atoms with E-state index in [9.17, 15) is 4.79 Å². The van der Waals surface area contributed by atoms with E-state index in [0.29, 0.717) is 6.04 Å². The lowest BCUT2D eigenvalue weighted by Gasteiger charge is -2.25. The number of aryl methyl sites for hydroxylation is 1. The molecule has 96 valence electrons. The summed E-state index contributed by atoms with van der Waals surface area (Å²) in [4.78, 5) is 18.7. The van der Waals surface area contributed by atoms with Crippen LogP contribution in [0.1, 0.15) is 31.2 Å². The van der Waals surface area contributed by atoms with E-state index < -0.39 is 0 Å². The summed E-state index contributed by atoms with van der Waals surface area (Å²) in [7, 11) is 0. The van der Waals surface area contributed by atoms with E-state index >= 15 is 0 Å². The maximum Gasteiger partial charge on any atom is 0.242 e. The summed E-state index contributed by atoms with van der Waals surface area (Å²) >= 11 is 0. The molecule has 2 fully saturated rings. The normalized spacial score (nSPS) is 23.2. The predicted octanol–water partition coefficient (Wildman–Crippen LogP) is 1.64. The third-order valence-corrected chi connectivity index (χ3v) is 3.67. The summed E-state index contributed by atoms with van der Waals surface area (Å²) in [6.07, 6.45) is 6.10. The monoisotopic (exact) mass is 245 g/mol. The van der Waals surface area contributed by atoms with E-state index in [2.05, 4.69) is 28.2 Å². The molecule has 3 rings (SSSR count). The van der Waals surface area contributed by atoms with Crippen LogP contribution in [0, 0.1) is 6.92 Å². The molecule has 1 aliphatic heterocycles. The molecule has 4 heteroatoms. The SMILES string of the molecule is Cc1ccnc(N2CCC[C@H]2C(=O)NC2CC2)c1. The first-order chi connectivity index (χ1) is 8.74. The van der Waals surface area contributed by atoms with Crippen molar-refractivity contribution in [2.24, 2.45) is 0 Å². The van der Waals surface area contributed by atoms with Crippen LogP contribution >= 0.6 is 0 Å². The number of pyridine rings is 1. The van der Waals surface area contributed by atoms with Crippen LogP contribution < -0.4 is 10.2 Å². The molecule has 1 amide bonds. The second-order valence-electron chi connectivity index (χ2n) is 5.33. The molecule has 1 N–H and O–H groups in total. The lowest BCUT2D eigenvalue weighted by atomic mass is 10.2. The zero-order valence-electron chi connectivity index (χ0n) is 10.7. The van der Waals surface area contributed by atoms with Gasteiger partial charge in [0.05, 0.1) is 0 Å². The van der Waals surface area contributed by atoms with Crippen molar-refractivity contribution in [2.75, 3.05) is 11.4 Å². The fourth-order valence-corrected chi connectivity index (χ4v) is 2.52. The lowest BCUT2D eigenvalue weighted by Crippen LogP contribution is -2.44. The second kappa shape index (κ2) is 4.59. The van der Waals surface area contributed by atoms with E-state index in [1.807, 2.05) is 12.3 Å². The minimum absolute atomic E-state index is 0.0279. The van der Waals surface area contributed by atoms with E-state index in [1.54, 1.807) is 0 Å². The second-order valence-corrected chi connectivity index (χ2v) is 5.33. The zero-order valence-corrected chi connectivity index (χ0v) is 10.7. The number of carbonyl (C=O) groups is 1. The highest BCUT2D eigenvalue weighted by molar-refractivity contribution is 5.86. The Hall–Kier alpha value is -1.58. The van der Waals surface area contributed by atoms with Crippen LogP contribution in [0.2, 0.25) is 0 Å². The third kappa shape index (κ3) is 2.33. The van der Waals surface area contributed by atoms with Gasteiger partial charge in [-0.3, -0.25) is 4.79 Å². The van der Waals surface area contributed by atoms with Crippen molar-refractivity contribution < 1.29 is 4.79 Å². The first-order valence-electron chi connectivity index (χ1n) is 6.74. The standard InChI is InChI=1S/C14H19N3O/c1-10-6-7-15-13(9-10)17-8-2-3-12(17)14(18)16-11-4-5-11/h6-7,9,11-12H,2-5,8H2,1H3,(H,16,18)/t12-/m0/s1. The fourth-order valence-electron chi connectivity index (χ4n) is 2.52.